The Morgan fingerprint density at radius 3 is 2.57 bits per heavy atom. The molecule has 0 aliphatic heterocycles. The number of amides is 1. The zero-order valence-electron chi connectivity index (χ0n) is 16.9. The molecule has 6 nitrogen and oxygen atoms in total. The summed E-state index contributed by atoms with van der Waals surface area (Å²) in [6.45, 7) is 3.41. The molecule has 0 aliphatic rings. The Morgan fingerprint density at radius 1 is 1.11 bits per heavy atom. The summed E-state index contributed by atoms with van der Waals surface area (Å²) in [4.78, 5) is 19.1. The number of hydrogen-bond donors (Lipinski definition) is 0. The van der Waals surface area contributed by atoms with Crippen molar-refractivity contribution in [1.82, 2.24) is 14.5 Å². The Balaban J connectivity index is 1.65. The maximum Gasteiger partial charge on any atom is 0.223 e. The average Bonchev–Trinajstić information content (AvgIpc) is 3.08. The lowest BCUT2D eigenvalue weighted by Gasteiger charge is -2.18. The van der Waals surface area contributed by atoms with Gasteiger partial charge in [-0.2, -0.15) is 0 Å². The lowest BCUT2D eigenvalue weighted by Crippen LogP contribution is -2.28. The number of rotatable bonds is 8. The van der Waals surface area contributed by atoms with Crippen LogP contribution >= 0.6 is 0 Å². The molecule has 0 saturated carbocycles. The normalized spacial score (nSPS) is 10.9. The van der Waals surface area contributed by atoms with Crippen molar-refractivity contribution in [2.75, 3.05) is 21.3 Å². The van der Waals surface area contributed by atoms with E-state index in [9.17, 15) is 4.79 Å². The maximum atomic E-state index is 12.6. The highest BCUT2D eigenvalue weighted by Crippen LogP contribution is 2.28. The van der Waals surface area contributed by atoms with Crippen LogP contribution in [0.1, 0.15) is 24.7 Å². The van der Waals surface area contributed by atoms with E-state index >= 15 is 0 Å². The van der Waals surface area contributed by atoms with Crippen LogP contribution in [0.4, 0.5) is 0 Å². The van der Waals surface area contributed by atoms with Crippen molar-refractivity contribution in [2.45, 2.75) is 32.9 Å². The number of carbonyl (C=O) groups is 1. The predicted octanol–water partition coefficient (Wildman–Crippen LogP) is 3.66. The molecular weight excluding hydrogens is 354 g/mol. The number of ether oxygens (including phenoxy) is 2. The highest BCUT2D eigenvalue weighted by molar-refractivity contribution is 5.77. The number of nitrogens with zero attached hydrogens (tertiary/aromatic N) is 3. The molecule has 0 aliphatic carbocycles. The fourth-order valence-corrected chi connectivity index (χ4v) is 3.38. The molecule has 148 valence electrons. The first-order chi connectivity index (χ1) is 13.6. The molecule has 1 amide bonds. The second-order valence-corrected chi connectivity index (χ2v) is 6.70. The van der Waals surface area contributed by atoms with Crippen molar-refractivity contribution in [3.05, 3.63) is 53.9 Å². The summed E-state index contributed by atoms with van der Waals surface area (Å²) < 4.78 is 12.8. The molecule has 1 aromatic heterocycles. The molecule has 0 saturated heterocycles. The van der Waals surface area contributed by atoms with E-state index in [1.54, 1.807) is 19.1 Å². The maximum absolute atomic E-state index is 12.6. The molecule has 0 fully saturated rings. The van der Waals surface area contributed by atoms with Crippen molar-refractivity contribution < 1.29 is 14.3 Å². The smallest absolute Gasteiger partial charge is 0.223 e. The first kappa shape index (κ1) is 19.7. The monoisotopic (exact) mass is 381 g/mol. The van der Waals surface area contributed by atoms with Gasteiger partial charge in [0.2, 0.25) is 5.91 Å². The summed E-state index contributed by atoms with van der Waals surface area (Å²) in [6, 6.07) is 13.8. The predicted molar refractivity (Wildman–Crippen MR) is 110 cm³/mol. The van der Waals surface area contributed by atoms with Crippen LogP contribution in [0.2, 0.25) is 0 Å². The van der Waals surface area contributed by atoms with E-state index in [0.29, 0.717) is 30.9 Å². The van der Waals surface area contributed by atoms with Crippen molar-refractivity contribution in [3.8, 4) is 11.5 Å². The van der Waals surface area contributed by atoms with Crippen LogP contribution < -0.4 is 9.47 Å². The van der Waals surface area contributed by atoms with E-state index in [1.807, 2.05) is 43.4 Å². The summed E-state index contributed by atoms with van der Waals surface area (Å²) in [7, 11) is 5.05. The third-order valence-corrected chi connectivity index (χ3v) is 4.93. The minimum absolute atomic E-state index is 0.0875. The topological polar surface area (TPSA) is 56.6 Å². The zero-order valence-corrected chi connectivity index (χ0v) is 16.9. The third kappa shape index (κ3) is 4.11. The largest absolute Gasteiger partial charge is 0.493 e. The molecule has 1 heterocycles. The van der Waals surface area contributed by atoms with Gasteiger partial charge >= 0.3 is 0 Å². The number of benzene rings is 2. The van der Waals surface area contributed by atoms with Gasteiger partial charge in [0.1, 0.15) is 5.82 Å². The van der Waals surface area contributed by atoms with Crippen molar-refractivity contribution >= 4 is 16.9 Å². The van der Waals surface area contributed by atoms with Crippen LogP contribution in [0, 0.1) is 0 Å². The Bertz CT molecular complexity index is 965. The number of para-hydroxylation sites is 2. The van der Waals surface area contributed by atoms with Gasteiger partial charge < -0.3 is 18.9 Å². The van der Waals surface area contributed by atoms with Gasteiger partial charge in [0, 0.05) is 20.0 Å². The number of imidazole rings is 1. The third-order valence-electron chi connectivity index (χ3n) is 4.93. The first-order valence-electron chi connectivity index (χ1n) is 9.46. The van der Waals surface area contributed by atoms with Gasteiger partial charge in [-0.05, 0) is 43.2 Å². The number of methoxy groups -OCH3 is 2. The number of hydrogen-bond acceptors (Lipinski definition) is 4. The van der Waals surface area contributed by atoms with Gasteiger partial charge in [0.05, 0.1) is 31.8 Å². The van der Waals surface area contributed by atoms with Gasteiger partial charge in [-0.15, -0.1) is 0 Å². The van der Waals surface area contributed by atoms with Gasteiger partial charge in [0.15, 0.2) is 11.5 Å². The van der Waals surface area contributed by atoms with Gasteiger partial charge in [-0.25, -0.2) is 4.98 Å². The highest BCUT2D eigenvalue weighted by atomic mass is 16.5. The molecular formula is C22H27N3O3. The van der Waals surface area contributed by atoms with E-state index < -0.39 is 0 Å². The van der Waals surface area contributed by atoms with E-state index in [-0.39, 0.29) is 5.91 Å². The Kier molecular flexibility index (Phi) is 6.19. The molecule has 0 spiro atoms. The van der Waals surface area contributed by atoms with Crippen LogP contribution in [0.15, 0.2) is 42.5 Å². The average molecular weight is 381 g/mol. The molecule has 0 atom stereocenters. The second-order valence-electron chi connectivity index (χ2n) is 6.70. The Labute approximate surface area is 165 Å². The molecule has 2 aromatic carbocycles. The molecule has 6 heteroatoms. The molecule has 3 rings (SSSR count). The van der Waals surface area contributed by atoms with Crippen LogP contribution in [-0.2, 0) is 24.3 Å². The van der Waals surface area contributed by atoms with Crippen molar-refractivity contribution in [1.29, 1.82) is 0 Å². The molecule has 0 radical (unpaired) electrons. The summed E-state index contributed by atoms with van der Waals surface area (Å²) in [6.07, 6.45) is 1.08. The summed E-state index contributed by atoms with van der Waals surface area (Å²) in [5.74, 6) is 2.36. The van der Waals surface area contributed by atoms with Gasteiger partial charge in [-0.3, -0.25) is 4.79 Å². The summed E-state index contributed by atoms with van der Waals surface area (Å²) >= 11 is 0. The minimum Gasteiger partial charge on any atom is -0.493 e. The highest BCUT2D eigenvalue weighted by Gasteiger charge is 2.15. The van der Waals surface area contributed by atoms with Gasteiger partial charge in [-0.1, -0.05) is 18.2 Å². The molecule has 0 unspecified atom stereocenters. The molecule has 3 aromatic rings. The lowest BCUT2D eigenvalue weighted by molar-refractivity contribution is -0.130. The van der Waals surface area contributed by atoms with Crippen LogP contribution in [0.25, 0.3) is 11.0 Å². The summed E-state index contributed by atoms with van der Waals surface area (Å²) in [5.41, 5.74) is 3.11. The number of fused-ring (bicyclic) bond motifs is 1. The van der Waals surface area contributed by atoms with Crippen molar-refractivity contribution in [2.24, 2.45) is 0 Å². The van der Waals surface area contributed by atoms with Crippen LogP contribution in [0.3, 0.4) is 0 Å². The van der Waals surface area contributed by atoms with E-state index in [4.69, 9.17) is 14.5 Å². The van der Waals surface area contributed by atoms with Crippen molar-refractivity contribution in [3.63, 3.8) is 0 Å². The standard InChI is InChI=1S/C22H27N3O3/c1-5-25-18-9-7-6-8-17(18)23-21(25)15-24(2)22(26)13-11-16-10-12-19(27-3)20(14-16)28-4/h6-10,12,14H,5,11,13,15H2,1-4H3. The number of carbonyl (C=O) groups excluding carboxylic acids is 1. The van der Waals surface area contributed by atoms with E-state index in [2.05, 4.69) is 17.6 Å². The second kappa shape index (κ2) is 8.78. The molecule has 0 bridgehead atoms. The zero-order chi connectivity index (χ0) is 20.1. The van der Waals surface area contributed by atoms with Crippen LogP contribution in [0.5, 0.6) is 11.5 Å². The minimum atomic E-state index is 0.0875. The van der Waals surface area contributed by atoms with Crippen LogP contribution in [-0.4, -0.2) is 41.6 Å². The summed E-state index contributed by atoms with van der Waals surface area (Å²) in [5, 5.41) is 0. The van der Waals surface area contributed by atoms with Gasteiger partial charge in [0.25, 0.3) is 0 Å². The number of aryl methyl sites for hydroxylation is 2. The lowest BCUT2D eigenvalue weighted by atomic mass is 10.1. The number of aromatic nitrogens is 2. The SMILES string of the molecule is CCn1c(CN(C)C(=O)CCc2ccc(OC)c(OC)c2)nc2ccccc21. The fraction of sp³-hybridized carbons (Fsp3) is 0.364. The Morgan fingerprint density at radius 2 is 1.86 bits per heavy atom. The molecule has 28 heavy (non-hydrogen) atoms. The van der Waals surface area contributed by atoms with E-state index in [0.717, 1.165) is 29.0 Å². The van der Waals surface area contributed by atoms with E-state index in [1.165, 1.54) is 0 Å². The first-order valence-corrected chi connectivity index (χ1v) is 9.46. The fourth-order valence-electron chi connectivity index (χ4n) is 3.38. The quantitative estimate of drug-likeness (QED) is 0.597. The Hall–Kier alpha value is -3.02. The molecule has 0 N–H and O–H groups in total.